The van der Waals surface area contributed by atoms with Gasteiger partial charge in [0.2, 0.25) is 5.78 Å². The fraction of sp³-hybridized carbons (Fsp3) is 0.435. The quantitative estimate of drug-likeness (QED) is 0.270. The van der Waals surface area contributed by atoms with Gasteiger partial charge < -0.3 is 36.4 Å². The molecule has 0 aliphatic heterocycles. The third-order valence-electron chi connectivity index (χ3n) is 7.02. The second kappa shape index (κ2) is 8.20. The van der Waals surface area contributed by atoms with E-state index in [1.54, 1.807) is 0 Å². The molecule has 184 valence electrons. The van der Waals surface area contributed by atoms with E-state index in [1.807, 2.05) is 0 Å². The number of carbonyl (C=O) groups excluding carboxylic acids is 3. The number of carbonyl (C=O) groups is 3. The summed E-state index contributed by atoms with van der Waals surface area (Å²) in [5.41, 5.74) is -0.654. The zero-order chi connectivity index (χ0) is 25.9. The smallest absolute Gasteiger partial charge is 0.255 e. The lowest BCUT2D eigenvalue weighted by atomic mass is 9.55. The number of primary amides is 1. The first-order chi connectivity index (χ1) is 15.8. The van der Waals surface area contributed by atoms with Gasteiger partial charge in [-0.15, -0.1) is 0 Å². The van der Waals surface area contributed by atoms with Crippen LogP contribution in [0.25, 0.3) is 0 Å². The van der Waals surface area contributed by atoms with E-state index in [4.69, 9.17) is 10.8 Å². The molecule has 11 nitrogen and oxygen atoms in total. The molecule has 3 aliphatic rings. The fourth-order valence-electron chi connectivity index (χ4n) is 5.51. The topological polar surface area (TPSA) is 202 Å². The molecule has 1 aromatic rings. The maximum atomic E-state index is 13.3. The van der Waals surface area contributed by atoms with E-state index in [-0.39, 0.29) is 17.5 Å². The van der Waals surface area contributed by atoms with Crippen LogP contribution in [-0.4, -0.2) is 85.9 Å². The normalized spacial score (nSPS) is 32.5. The molecule has 0 unspecified atom stereocenters. The molecular weight excluding hydrogens is 448 g/mol. The molecule has 8 N–H and O–H groups in total. The molecule has 3 aliphatic carbocycles. The SMILES string of the molecule is CN(C)[C@@H]1C(O)=C(C(N)=O)C(=O)[C@@]2(O)C(O)=C3C(=O)c4c(O)cccc4[C@@](C)(O)[C@H]3C[C@@H]12.CO. The highest BCUT2D eigenvalue weighted by molar-refractivity contribution is 6.24. The van der Waals surface area contributed by atoms with E-state index in [9.17, 15) is 39.9 Å². The van der Waals surface area contributed by atoms with E-state index in [0.29, 0.717) is 0 Å². The zero-order valence-corrected chi connectivity index (χ0v) is 19.1. The van der Waals surface area contributed by atoms with Crippen molar-refractivity contribution in [1.29, 1.82) is 0 Å². The van der Waals surface area contributed by atoms with Gasteiger partial charge in [-0.25, -0.2) is 0 Å². The predicted octanol–water partition coefficient (Wildman–Crippen LogP) is -0.606. The Morgan fingerprint density at radius 2 is 1.71 bits per heavy atom. The number of amides is 1. The molecule has 0 heterocycles. The van der Waals surface area contributed by atoms with E-state index in [2.05, 4.69) is 0 Å². The number of rotatable bonds is 2. The predicted molar refractivity (Wildman–Crippen MR) is 118 cm³/mol. The van der Waals surface area contributed by atoms with Crippen LogP contribution < -0.4 is 5.73 Å². The van der Waals surface area contributed by atoms with Gasteiger partial charge in [-0.2, -0.15) is 0 Å². The number of ketones is 2. The molecule has 1 amide bonds. The van der Waals surface area contributed by atoms with Crippen molar-refractivity contribution >= 4 is 17.5 Å². The third-order valence-corrected chi connectivity index (χ3v) is 7.02. The maximum Gasteiger partial charge on any atom is 0.255 e. The highest BCUT2D eigenvalue weighted by atomic mass is 16.3. The molecule has 0 aromatic heterocycles. The minimum absolute atomic E-state index is 0.135. The number of aliphatic hydroxyl groups excluding tert-OH is 3. The van der Waals surface area contributed by atoms with Gasteiger partial charge in [-0.3, -0.25) is 19.3 Å². The average molecular weight is 476 g/mol. The van der Waals surface area contributed by atoms with Crippen LogP contribution in [0.2, 0.25) is 0 Å². The van der Waals surface area contributed by atoms with Gasteiger partial charge in [0.1, 0.15) is 22.8 Å². The summed E-state index contributed by atoms with van der Waals surface area (Å²) in [6.45, 7) is 1.40. The van der Waals surface area contributed by atoms with Gasteiger partial charge in [-0.1, -0.05) is 12.1 Å². The Kier molecular flexibility index (Phi) is 6.12. The van der Waals surface area contributed by atoms with Crippen LogP contribution in [0.5, 0.6) is 5.75 Å². The number of phenols is 1. The lowest BCUT2D eigenvalue weighted by Crippen LogP contribution is -2.65. The van der Waals surface area contributed by atoms with Gasteiger partial charge in [0.05, 0.1) is 17.2 Å². The van der Waals surface area contributed by atoms with Crippen LogP contribution in [0, 0.1) is 11.8 Å². The van der Waals surface area contributed by atoms with Crippen LogP contribution >= 0.6 is 0 Å². The first-order valence-electron chi connectivity index (χ1n) is 10.4. The van der Waals surface area contributed by atoms with Crippen molar-refractivity contribution in [2.75, 3.05) is 21.2 Å². The Balaban J connectivity index is 0.00000158. The van der Waals surface area contributed by atoms with Gasteiger partial charge in [0, 0.05) is 24.5 Å². The van der Waals surface area contributed by atoms with Gasteiger partial charge in [-0.05, 0) is 39.1 Å². The number of aliphatic hydroxyl groups is 5. The molecule has 0 saturated heterocycles. The number of nitrogens with two attached hydrogens (primary N) is 1. The van der Waals surface area contributed by atoms with E-state index in [1.165, 1.54) is 44.1 Å². The molecule has 34 heavy (non-hydrogen) atoms. The van der Waals surface area contributed by atoms with Crippen LogP contribution in [0.3, 0.4) is 0 Å². The summed E-state index contributed by atoms with van der Waals surface area (Å²) in [4.78, 5) is 39.9. The molecular formula is C23H28N2O9. The molecule has 4 rings (SSSR count). The molecule has 1 aromatic carbocycles. The summed E-state index contributed by atoms with van der Waals surface area (Å²) in [5.74, 6) is -7.89. The lowest BCUT2D eigenvalue weighted by Gasteiger charge is -2.52. The van der Waals surface area contributed by atoms with Crippen molar-refractivity contribution in [3.05, 3.63) is 52.0 Å². The summed E-state index contributed by atoms with van der Waals surface area (Å²) < 4.78 is 0. The largest absolute Gasteiger partial charge is 0.510 e. The Morgan fingerprint density at radius 3 is 2.24 bits per heavy atom. The van der Waals surface area contributed by atoms with Crippen molar-refractivity contribution in [3.63, 3.8) is 0 Å². The molecule has 11 heteroatoms. The average Bonchev–Trinajstić information content (AvgIpc) is 2.75. The summed E-state index contributed by atoms with van der Waals surface area (Å²) in [5, 5.41) is 62.0. The number of hydrogen-bond acceptors (Lipinski definition) is 10. The molecule has 0 bridgehead atoms. The second-order valence-electron chi connectivity index (χ2n) is 8.96. The van der Waals surface area contributed by atoms with Crippen molar-refractivity contribution in [2.45, 2.75) is 30.6 Å². The number of hydrogen-bond donors (Lipinski definition) is 7. The first kappa shape index (κ1) is 25.4. The summed E-state index contributed by atoms with van der Waals surface area (Å²) in [6.07, 6.45) is -0.200. The van der Waals surface area contributed by atoms with Crippen LogP contribution in [0.1, 0.15) is 29.3 Å². The number of Topliss-reactive ketones (excluding diaryl/α,β-unsaturated/α-hetero) is 2. The number of likely N-dealkylation sites (N-methyl/N-ethyl adjacent to an activating group) is 1. The zero-order valence-electron chi connectivity index (χ0n) is 19.1. The summed E-state index contributed by atoms with van der Waals surface area (Å²) in [6, 6.07) is 3.05. The summed E-state index contributed by atoms with van der Waals surface area (Å²) in [7, 11) is 4.06. The van der Waals surface area contributed by atoms with Gasteiger partial charge >= 0.3 is 0 Å². The number of phenolic OH excluding ortho intramolecular Hbond substituents is 1. The third kappa shape index (κ3) is 3.08. The van der Waals surface area contributed by atoms with Gasteiger partial charge in [0.25, 0.3) is 5.91 Å². The molecule has 0 fully saturated rings. The fourth-order valence-corrected chi connectivity index (χ4v) is 5.51. The Bertz CT molecular complexity index is 1150. The molecule has 0 saturated carbocycles. The minimum Gasteiger partial charge on any atom is -0.510 e. The van der Waals surface area contributed by atoms with Crippen molar-refractivity contribution < 1.29 is 45.0 Å². The number of benzene rings is 1. The van der Waals surface area contributed by atoms with Crippen LogP contribution in [-0.2, 0) is 15.2 Å². The van der Waals surface area contributed by atoms with Crippen LogP contribution in [0.15, 0.2) is 40.9 Å². The van der Waals surface area contributed by atoms with E-state index in [0.717, 1.165) is 7.11 Å². The second-order valence-corrected chi connectivity index (χ2v) is 8.96. The number of aromatic hydroxyl groups is 1. The highest BCUT2D eigenvalue weighted by Crippen LogP contribution is 2.56. The van der Waals surface area contributed by atoms with Crippen molar-refractivity contribution in [3.8, 4) is 5.75 Å². The van der Waals surface area contributed by atoms with Crippen molar-refractivity contribution in [1.82, 2.24) is 4.90 Å². The standard InChI is InChI=1S/C22H24N2O8.CH4O/c1-21(31)8-5-4-6-11(25)12(8)16(26)13-9(21)7-10-15(24(2)3)17(27)14(20(23)30)19(29)22(10,32)18(13)28;1-2/h4-6,9-10,15,25,27-28,31-32H,7H2,1-3H3,(H2,23,30);2H,1H3/t9-,10-,15-,21+,22-;/m0./s1. The minimum atomic E-state index is -2.75. The van der Waals surface area contributed by atoms with Crippen molar-refractivity contribution in [2.24, 2.45) is 17.6 Å². The van der Waals surface area contributed by atoms with Crippen LogP contribution in [0.4, 0.5) is 0 Å². The van der Waals surface area contributed by atoms with Gasteiger partial charge in [0.15, 0.2) is 11.4 Å². The Hall–Kier alpha value is -3.25. The lowest BCUT2D eigenvalue weighted by molar-refractivity contribution is -0.151. The Labute approximate surface area is 195 Å². The maximum absolute atomic E-state index is 13.3. The van der Waals surface area contributed by atoms with E-state index < -0.39 is 75.0 Å². The first-order valence-corrected chi connectivity index (χ1v) is 10.4. The monoisotopic (exact) mass is 476 g/mol. The Morgan fingerprint density at radius 1 is 1.12 bits per heavy atom. The molecule has 0 radical (unpaired) electrons. The molecule has 5 atom stereocenters. The summed E-state index contributed by atoms with van der Waals surface area (Å²) >= 11 is 0. The highest BCUT2D eigenvalue weighted by Gasteiger charge is 2.65. The van der Waals surface area contributed by atoms with E-state index >= 15 is 0 Å². The number of nitrogens with zero attached hydrogens (tertiary/aromatic N) is 1. The number of fused-ring (bicyclic) bond motifs is 3. The molecule has 0 spiro atoms.